The van der Waals surface area contributed by atoms with Crippen LogP contribution in [0.25, 0.3) is 0 Å². The van der Waals surface area contributed by atoms with Crippen molar-refractivity contribution in [1.29, 1.82) is 0 Å². The molecule has 0 unspecified atom stereocenters. The number of allylic oxidation sites excluding steroid dienone is 4. The Labute approximate surface area is 57.3 Å². The van der Waals surface area contributed by atoms with Gasteiger partial charge in [0.25, 0.3) is 0 Å². The predicted octanol–water partition coefficient (Wildman–Crippen LogP) is 3.06. The minimum atomic E-state index is 1.14. The molecular formula is C9H14. The van der Waals surface area contributed by atoms with Crippen molar-refractivity contribution in [3.8, 4) is 0 Å². The van der Waals surface area contributed by atoms with E-state index >= 15 is 0 Å². The largest absolute Gasteiger partial charge is 0.0914 e. The summed E-state index contributed by atoms with van der Waals surface area (Å²) in [5.74, 6) is 0. The lowest BCUT2D eigenvalue weighted by Crippen LogP contribution is -1.95. The monoisotopic (exact) mass is 122 g/mol. The molecule has 0 atom stereocenters. The first-order chi connectivity index (χ1) is 4.43. The lowest BCUT2D eigenvalue weighted by molar-refractivity contribution is 0.659. The van der Waals surface area contributed by atoms with Crippen LogP contribution in [0.2, 0.25) is 0 Å². The van der Waals surface area contributed by atoms with Gasteiger partial charge in [0.05, 0.1) is 0 Å². The maximum Gasteiger partial charge on any atom is -0.0167 e. The summed E-state index contributed by atoms with van der Waals surface area (Å²) in [6.07, 6.45) is 11.9. The molecule has 0 aromatic rings. The second kappa shape index (κ2) is 3.49. The quantitative estimate of drug-likeness (QED) is 0.494. The molecule has 1 rings (SSSR count). The maximum atomic E-state index is 2.35. The molecule has 9 heavy (non-hydrogen) atoms. The van der Waals surface area contributed by atoms with Crippen LogP contribution in [0.5, 0.6) is 0 Å². The minimum Gasteiger partial charge on any atom is -0.0914 e. The van der Waals surface area contributed by atoms with E-state index in [1.165, 1.54) is 19.3 Å². The Bertz CT molecular complexity index is 123. The highest BCUT2D eigenvalue weighted by Gasteiger charge is 2.05. The van der Waals surface area contributed by atoms with Crippen LogP contribution in [0.4, 0.5) is 0 Å². The van der Waals surface area contributed by atoms with Gasteiger partial charge in [-0.05, 0) is 32.6 Å². The third-order valence-corrected chi connectivity index (χ3v) is 1.77. The average molecular weight is 122 g/mol. The average Bonchev–Trinajstić information content (AvgIpc) is 1.76. The van der Waals surface area contributed by atoms with Crippen molar-refractivity contribution >= 4 is 0 Å². The molecule has 0 amide bonds. The molecule has 0 heterocycles. The van der Waals surface area contributed by atoms with Crippen LogP contribution >= 0.6 is 0 Å². The molecule has 0 N–H and O–H groups in total. The highest BCUT2D eigenvalue weighted by molar-refractivity contribution is 5.10. The lowest BCUT2D eigenvalue weighted by Gasteiger charge is -2.15. The van der Waals surface area contributed by atoms with Gasteiger partial charge in [-0.25, -0.2) is 0 Å². The van der Waals surface area contributed by atoms with E-state index in [1.54, 1.807) is 5.57 Å². The first kappa shape index (κ1) is 6.60. The molecule has 0 aliphatic heterocycles. The van der Waals surface area contributed by atoms with E-state index in [2.05, 4.69) is 25.2 Å². The highest BCUT2D eigenvalue weighted by atomic mass is 14.1. The maximum absolute atomic E-state index is 2.35. The lowest BCUT2D eigenvalue weighted by atomic mass is 9.92. The fraction of sp³-hybridized carbons (Fsp3) is 0.556. The molecule has 0 aromatic carbocycles. The number of hydrogen-bond acceptors (Lipinski definition) is 0. The molecule has 0 heteroatoms. The van der Waals surface area contributed by atoms with Crippen LogP contribution in [0.15, 0.2) is 23.8 Å². The van der Waals surface area contributed by atoms with Gasteiger partial charge in [0.15, 0.2) is 0 Å². The van der Waals surface area contributed by atoms with E-state index in [1.807, 2.05) is 0 Å². The molecule has 1 fully saturated rings. The molecule has 0 nitrogen and oxygen atoms in total. The summed E-state index contributed by atoms with van der Waals surface area (Å²) >= 11 is 0. The van der Waals surface area contributed by atoms with E-state index in [0.29, 0.717) is 0 Å². The molecule has 1 aliphatic carbocycles. The van der Waals surface area contributed by atoms with Crippen LogP contribution in [-0.4, -0.2) is 0 Å². The van der Waals surface area contributed by atoms with Gasteiger partial charge in [-0.15, -0.1) is 0 Å². The molecule has 50 valence electrons. The van der Waals surface area contributed by atoms with Crippen LogP contribution in [0, 0.1) is 0 Å². The second-order valence-corrected chi connectivity index (χ2v) is 2.52. The van der Waals surface area contributed by atoms with Crippen LogP contribution in [0.1, 0.15) is 32.6 Å². The van der Waals surface area contributed by atoms with Gasteiger partial charge in [0, 0.05) is 0 Å². The van der Waals surface area contributed by atoms with Gasteiger partial charge in [-0.2, -0.15) is 0 Å². The van der Waals surface area contributed by atoms with Gasteiger partial charge < -0.3 is 0 Å². The van der Waals surface area contributed by atoms with Crippen molar-refractivity contribution in [3.63, 3.8) is 0 Å². The first-order valence-corrected chi connectivity index (χ1v) is 3.72. The molecule has 0 aromatic heterocycles. The first-order valence-electron chi connectivity index (χ1n) is 3.72. The van der Waals surface area contributed by atoms with Gasteiger partial charge in [-0.1, -0.05) is 23.8 Å². The SMILES string of the molecule is CC=CCC=C1CCC1. The molecule has 0 spiro atoms. The minimum absolute atomic E-state index is 1.14. The summed E-state index contributed by atoms with van der Waals surface area (Å²) in [6.45, 7) is 2.07. The number of hydrogen-bond donors (Lipinski definition) is 0. The Morgan fingerprint density at radius 1 is 1.44 bits per heavy atom. The van der Waals surface area contributed by atoms with Crippen molar-refractivity contribution in [1.82, 2.24) is 0 Å². The zero-order valence-electron chi connectivity index (χ0n) is 6.06. The van der Waals surface area contributed by atoms with E-state index in [0.717, 1.165) is 6.42 Å². The van der Waals surface area contributed by atoms with Crippen LogP contribution < -0.4 is 0 Å². The van der Waals surface area contributed by atoms with Crippen molar-refractivity contribution in [3.05, 3.63) is 23.8 Å². The molecule has 0 saturated heterocycles. The molecule has 0 bridgehead atoms. The number of rotatable bonds is 2. The Kier molecular flexibility index (Phi) is 2.56. The zero-order valence-corrected chi connectivity index (χ0v) is 6.06. The van der Waals surface area contributed by atoms with Crippen molar-refractivity contribution in [2.45, 2.75) is 32.6 Å². The van der Waals surface area contributed by atoms with E-state index in [9.17, 15) is 0 Å². The fourth-order valence-corrected chi connectivity index (χ4v) is 0.956. The Morgan fingerprint density at radius 2 is 2.22 bits per heavy atom. The van der Waals surface area contributed by atoms with Gasteiger partial charge in [-0.3, -0.25) is 0 Å². The predicted molar refractivity (Wildman–Crippen MR) is 41.4 cm³/mol. The molecule has 1 aliphatic rings. The Morgan fingerprint density at radius 3 is 2.67 bits per heavy atom. The molecular weight excluding hydrogens is 108 g/mol. The Balaban J connectivity index is 2.15. The Hall–Kier alpha value is -0.520. The van der Waals surface area contributed by atoms with Crippen LogP contribution in [0.3, 0.4) is 0 Å². The second-order valence-electron chi connectivity index (χ2n) is 2.52. The smallest absolute Gasteiger partial charge is 0.0167 e. The summed E-state index contributed by atoms with van der Waals surface area (Å²) in [5, 5.41) is 0. The highest BCUT2D eigenvalue weighted by Crippen LogP contribution is 2.25. The van der Waals surface area contributed by atoms with E-state index < -0.39 is 0 Å². The third-order valence-electron chi connectivity index (χ3n) is 1.77. The van der Waals surface area contributed by atoms with E-state index in [-0.39, 0.29) is 0 Å². The zero-order chi connectivity index (χ0) is 6.53. The summed E-state index contributed by atoms with van der Waals surface area (Å²) < 4.78 is 0. The molecule has 0 radical (unpaired) electrons. The summed E-state index contributed by atoms with van der Waals surface area (Å²) in [6, 6.07) is 0. The fourth-order valence-electron chi connectivity index (χ4n) is 0.956. The van der Waals surface area contributed by atoms with E-state index in [4.69, 9.17) is 0 Å². The summed E-state index contributed by atoms with van der Waals surface area (Å²) in [7, 11) is 0. The van der Waals surface area contributed by atoms with Crippen LogP contribution in [-0.2, 0) is 0 Å². The van der Waals surface area contributed by atoms with Crippen molar-refractivity contribution in [2.75, 3.05) is 0 Å². The summed E-state index contributed by atoms with van der Waals surface area (Å²) in [5.41, 5.74) is 1.66. The standard InChI is InChI=1S/C9H14/c1-2-3-4-6-9-7-5-8-9/h2-3,6H,4-5,7-8H2,1H3. The summed E-state index contributed by atoms with van der Waals surface area (Å²) in [4.78, 5) is 0. The molecule has 1 saturated carbocycles. The van der Waals surface area contributed by atoms with Crippen molar-refractivity contribution in [2.24, 2.45) is 0 Å². The van der Waals surface area contributed by atoms with Gasteiger partial charge >= 0.3 is 0 Å². The van der Waals surface area contributed by atoms with Gasteiger partial charge in [0.2, 0.25) is 0 Å². The topological polar surface area (TPSA) is 0 Å². The van der Waals surface area contributed by atoms with Crippen molar-refractivity contribution < 1.29 is 0 Å². The van der Waals surface area contributed by atoms with Gasteiger partial charge in [0.1, 0.15) is 0 Å². The third kappa shape index (κ3) is 2.05. The normalized spacial score (nSPS) is 18.1.